The molecule has 6 rings (SSSR count). The number of hydrogen-bond donors (Lipinski definition) is 3. The van der Waals surface area contributed by atoms with Crippen molar-refractivity contribution in [3.05, 3.63) is 41.0 Å². The number of imidazole rings is 1. The summed E-state index contributed by atoms with van der Waals surface area (Å²) in [5.74, 6) is -2.75. The fourth-order valence-electron chi connectivity index (χ4n) is 4.05. The Hall–Kier alpha value is -3.86. The fraction of sp³-hybridized carbons (Fsp3) is 0.577. The first-order valence-electron chi connectivity index (χ1n) is 13.5. The van der Waals surface area contributed by atoms with Crippen molar-refractivity contribution in [1.82, 2.24) is 30.5 Å². The number of H-pyrrole nitrogens is 1. The Morgan fingerprint density at radius 3 is 2.56 bits per heavy atom. The van der Waals surface area contributed by atoms with E-state index in [2.05, 4.69) is 35.0 Å². The molecule has 2 aliphatic carbocycles. The van der Waals surface area contributed by atoms with Gasteiger partial charge in [-0.2, -0.15) is 13.2 Å². The minimum Gasteiger partial charge on any atom is -0.381 e. The number of ether oxygens (including phenoxy) is 2. The number of fused-ring (bicyclic) bond motifs is 1. The number of benzene rings is 1. The number of urea groups is 1. The summed E-state index contributed by atoms with van der Waals surface area (Å²) in [5, 5.41) is 9.17. The Kier molecular flexibility index (Phi) is 10.2. The summed E-state index contributed by atoms with van der Waals surface area (Å²) in [7, 11) is 1.76. The van der Waals surface area contributed by atoms with Crippen LogP contribution in [0.25, 0.3) is 11.0 Å². The molecule has 1 aliphatic heterocycles. The molecule has 12 nitrogen and oxygen atoms in total. The van der Waals surface area contributed by atoms with Crippen molar-refractivity contribution in [2.45, 2.75) is 62.8 Å². The summed E-state index contributed by atoms with van der Waals surface area (Å²) in [6, 6.07) is 4.42. The van der Waals surface area contributed by atoms with Crippen molar-refractivity contribution in [1.29, 1.82) is 0 Å². The van der Waals surface area contributed by atoms with E-state index >= 15 is 0 Å². The minimum atomic E-state index is -4.37. The molecule has 0 spiro atoms. The lowest BCUT2D eigenvalue weighted by Gasteiger charge is -2.32. The highest BCUT2D eigenvalue weighted by Gasteiger charge is 2.38. The van der Waals surface area contributed by atoms with Crippen LogP contribution in [0.3, 0.4) is 0 Å². The van der Waals surface area contributed by atoms with Gasteiger partial charge in [0.25, 0.3) is 11.8 Å². The van der Waals surface area contributed by atoms with Crippen LogP contribution in [0.15, 0.2) is 22.8 Å². The SMILES string of the molecule is COC1CC1.NC(=O)c1nonc1C1CC1.O=C1NCC(F)(F)CN1Cc1ccc2nc(CCOCC(F)(F)F)[nH]c2c1. The molecule has 2 saturated carbocycles. The zero-order chi connectivity index (χ0) is 31.2. The third-order valence-corrected chi connectivity index (χ3v) is 6.49. The number of methoxy groups -OCH3 is 1. The van der Waals surface area contributed by atoms with Gasteiger partial charge in [0, 0.05) is 26.0 Å². The van der Waals surface area contributed by atoms with Gasteiger partial charge >= 0.3 is 12.2 Å². The minimum absolute atomic E-state index is 0.000407. The summed E-state index contributed by atoms with van der Waals surface area (Å²) in [6.07, 6.45) is 1.10. The first-order chi connectivity index (χ1) is 20.3. The summed E-state index contributed by atoms with van der Waals surface area (Å²) in [5.41, 5.74) is 7.64. The molecule has 3 amide bonds. The number of nitrogens with zero attached hydrogens (tertiary/aromatic N) is 4. The van der Waals surface area contributed by atoms with Crippen molar-refractivity contribution in [3.63, 3.8) is 0 Å². The molecule has 0 unspecified atom stereocenters. The third-order valence-electron chi connectivity index (χ3n) is 6.49. The smallest absolute Gasteiger partial charge is 0.381 e. The molecule has 3 fully saturated rings. The Bertz CT molecular complexity index is 1390. The maximum absolute atomic E-state index is 13.5. The molecule has 0 bridgehead atoms. The first-order valence-corrected chi connectivity index (χ1v) is 13.5. The van der Waals surface area contributed by atoms with Crippen LogP contribution < -0.4 is 11.1 Å². The van der Waals surface area contributed by atoms with E-state index in [1.165, 1.54) is 12.8 Å². The lowest BCUT2D eigenvalue weighted by atomic mass is 10.1. The number of rotatable bonds is 9. The summed E-state index contributed by atoms with van der Waals surface area (Å²) >= 11 is 0. The van der Waals surface area contributed by atoms with E-state index in [0.717, 1.165) is 17.7 Å². The number of carbonyl (C=O) groups excluding carboxylic acids is 2. The first kappa shape index (κ1) is 32.1. The highest BCUT2D eigenvalue weighted by molar-refractivity contribution is 5.91. The molecule has 1 aromatic carbocycles. The molecular weight excluding hydrogens is 585 g/mol. The Morgan fingerprint density at radius 2 is 1.95 bits per heavy atom. The summed E-state index contributed by atoms with van der Waals surface area (Å²) in [4.78, 5) is 30.6. The molecule has 3 heterocycles. The lowest BCUT2D eigenvalue weighted by molar-refractivity contribution is -0.173. The van der Waals surface area contributed by atoms with Gasteiger partial charge in [0.05, 0.1) is 36.8 Å². The molecular formula is C26H32F5N7O5. The molecule has 1 saturated heterocycles. The maximum Gasteiger partial charge on any atom is 0.411 e. The zero-order valence-corrected chi connectivity index (χ0v) is 23.3. The van der Waals surface area contributed by atoms with Gasteiger partial charge < -0.3 is 30.4 Å². The van der Waals surface area contributed by atoms with Crippen molar-refractivity contribution in [2.75, 3.05) is 33.4 Å². The number of alkyl halides is 5. The van der Waals surface area contributed by atoms with Gasteiger partial charge in [0.15, 0.2) is 5.69 Å². The van der Waals surface area contributed by atoms with Crippen LogP contribution >= 0.6 is 0 Å². The number of aromatic nitrogens is 4. The Morgan fingerprint density at radius 1 is 1.21 bits per heavy atom. The molecule has 3 aromatic rings. The van der Waals surface area contributed by atoms with Gasteiger partial charge in [-0.15, -0.1) is 0 Å². The van der Waals surface area contributed by atoms with Crippen molar-refractivity contribution >= 4 is 23.0 Å². The van der Waals surface area contributed by atoms with Crippen LogP contribution in [-0.2, 0) is 22.4 Å². The molecule has 2 aromatic heterocycles. The van der Waals surface area contributed by atoms with Crippen molar-refractivity contribution in [3.8, 4) is 0 Å². The quantitative estimate of drug-likeness (QED) is 0.242. The third kappa shape index (κ3) is 10.1. The number of amides is 3. The van der Waals surface area contributed by atoms with Crippen LogP contribution in [-0.4, -0.2) is 88.7 Å². The van der Waals surface area contributed by atoms with Crippen LogP contribution in [0, 0.1) is 0 Å². The Labute approximate surface area is 242 Å². The van der Waals surface area contributed by atoms with Crippen LogP contribution in [0.5, 0.6) is 0 Å². The zero-order valence-electron chi connectivity index (χ0n) is 23.3. The monoisotopic (exact) mass is 617 g/mol. The molecule has 0 radical (unpaired) electrons. The van der Waals surface area contributed by atoms with E-state index in [1.54, 1.807) is 25.3 Å². The van der Waals surface area contributed by atoms with E-state index in [0.29, 0.717) is 40.1 Å². The predicted octanol–water partition coefficient (Wildman–Crippen LogP) is 3.69. The fourth-order valence-corrected chi connectivity index (χ4v) is 4.05. The lowest BCUT2D eigenvalue weighted by Crippen LogP contribution is -2.56. The van der Waals surface area contributed by atoms with Gasteiger partial charge in [0.2, 0.25) is 0 Å². The second-order valence-electron chi connectivity index (χ2n) is 10.4. The number of carbonyl (C=O) groups is 2. The van der Waals surface area contributed by atoms with Crippen LogP contribution in [0.2, 0.25) is 0 Å². The van der Waals surface area contributed by atoms with E-state index in [9.17, 15) is 31.5 Å². The van der Waals surface area contributed by atoms with Gasteiger partial charge in [-0.3, -0.25) is 4.79 Å². The van der Waals surface area contributed by atoms with E-state index in [-0.39, 0.29) is 25.3 Å². The van der Waals surface area contributed by atoms with Gasteiger partial charge in [-0.25, -0.2) is 23.2 Å². The average molecular weight is 618 g/mol. The topological polar surface area (TPSA) is 161 Å². The summed E-state index contributed by atoms with van der Waals surface area (Å²) < 4.78 is 76.8. The maximum atomic E-state index is 13.5. The normalized spacial score (nSPS) is 17.9. The molecule has 3 aliphatic rings. The number of hydrogen-bond acceptors (Lipinski definition) is 8. The van der Waals surface area contributed by atoms with E-state index < -0.39 is 43.7 Å². The number of nitrogens with two attached hydrogens (primary N) is 1. The largest absolute Gasteiger partial charge is 0.411 e. The second kappa shape index (κ2) is 13.6. The molecule has 17 heteroatoms. The number of halogens is 5. The average Bonchev–Trinajstić information content (AvgIpc) is 3.87. The predicted molar refractivity (Wildman–Crippen MR) is 140 cm³/mol. The number of aromatic amines is 1. The van der Waals surface area contributed by atoms with E-state index in [4.69, 9.17) is 10.5 Å². The molecule has 43 heavy (non-hydrogen) atoms. The van der Waals surface area contributed by atoms with Crippen LogP contribution in [0.4, 0.5) is 26.7 Å². The van der Waals surface area contributed by atoms with Crippen LogP contribution in [0.1, 0.15) is 59.2 Å². The van der Waals surface area contributed by atoms with Crippen molar-refractivity contribution in [2.24, 2.45) is 5.73 Å². The molecule has 236 valence electrons. The van der Waals surface area contributed by atoms with Gasteiger partial charge in [-0.05, 0) is 48.5 Å². The summed E-state index contributed by atoms with van der Waals surface area (Å²) in [6.45, 7) is -2.81. The Balaban J connectivity index is 0.000000213. The highest BCUT2D eigenvalue weighted by atomic mass is 19.4. The second-order valence-corrected chi connectivity index (χ2v) is 10.4. The highest BCUT2D eigenvalue weighted by Crippen LogP contribution is 2.40. The van der Waals surface area contributed by atoms with Crippen molar-refractivity contribution < 1.29 is 45.6 Å². The van der Waals surface area contributed by atoms with Gasteiger partial charge in [-0.1, -0.05) is 11.2 Å². The molecule has 0 atom stereocenters. The van der Waals surface area contributed by atoms with Gasteiger partial charge in [0.1, 0.15) is 18.1 Å². The number of primary amides is 1. The van der Waals surface area contributed by atoms with E-state index in [1.807, 2.05) is 0 Å². The molecule has 4 N–H and O–H groups in total. The number of nitrogens with one attached hydrogen (secondary N) is 2. The standard InChI is InChI=1S/C16H17F5N4O2.C6H7N3O2.C4H8O/c17-15(18)7-22-14(26)25(8-15)6-10-1-2-11-12(5-10)24-13(23-11)3-4-27-9-16(19,20)21;7-6(10)5-4(3-1-2-3)8-11-9-5;1-5-4-2-3-4/h1-2,5H,3-4,6-9H2,(H,22,26)(H,23,24);3H,1-2H2,(H2,7,10);4H,2-3H2,1H3.